The number of ether oxygens (including phenoxy) is 3. The normalized spacial score (nSPS) is 20.1. The second kappa shape index (κ2) is 14.2. The smallest absolute Gasteiger partial charge is 0.350 e. The number of piperazine rings is 1. The van der Waals surface area contributed by atoms with E-state index >= 15 is 0 Å². The molecule has 2 aromatic carbocycles. The van der Waals surface area contributed by atoms with Crippen LogP contribution >= 0.6 is 23.2 Å². The van der Waals surface area contributed by atoms with Crippen LogP contribution in [0.3, 0.4) is 0 Å². The maximum absolute atomic E-state index is 12.8. The molecule has 0 spiro atoms. The largest absolute Gasteiger partial charge is 0.491 e. The van der Waals surface area contributed by atoms with Crippen molar-refractivity contribution < 1.29 is 14.2 Å². The van der Waals surface area contributed by atoms with Crippen LogP contribution in [0.15, 0.2) is 78.2 Å². The maximum Gasteiger partial charge on any atom is 0.350 e. The van der Waals surface area contributed by atoms with Crippen LogP contribution < -0.4 is 20.2 Å². The van der Waals surface area contributed by atoms with Crippen molar-refractivity contribution in [2.45, 2.75) is 44.7 Å². The van der Waals surface area contributed by atoms with E-state index in [1.54, 1.807) is 30.7 Å². The van der Waals surface area contributed by atoms with Crippen molar-refractivity contribution in [1.29, 1.82) is 0 Å². The molecule has 5 aromatic rings. The van der Waals surface area contributed by atoms with Crippen LogP contribution in [0.2, 0.25) is 10.0 Å². The molecule has 2 saturated heterocycles. The molecule has 0 amide bonds. The zero-order chi connectivity index (χ0) is 34.0. The molecule has 49 heavy (non-hydrogen) atoms. The van der Waals surface area contributed by atoms with E-state index in [2.05, 4.69) is 47.5 Å². The number of anilines is 2. The number of hydrogen-bond acceptors (Lipinski definition) is 11. The van der Waals surface area contributed by atoms with Gasteiger partial charge in [-0.25, -0.2) is 23.7 Å². The van der Waals surface area contributed by atoms with E-state index in [1.807, 2.05) is 38.1 Å². The van der Waals surface area contributed by atoms with Crippen molar-refractivity contribution in [2.24, 2.45) is 0 Å². The average molecular weight is 708 g/mol. The number of benzene rings is 2. The number of aromatic nitrogens is 8. The fourth-order valence-electron chi connectivity index (χ4n) is 6.03. The Morgan fingerprint density at radius 2 is 1.78 bits per heavy atom. The number of halogens is 2. The number of tetrazole rings is 1. The van der Waals surface area contributed by atoms with Gasteiger partial charge in [0.1, 0.15) is 43.5 Å². The first-order valence-corrected chi connectivity index (χ1v) is 16.9. The molecule has 2 aliphatic rings. The molecule has 0 saturated carbocycles. The minimum atomic E-state index is -1.20. The Hall–Kier alpha value is -4.50. The van der Waals surface area contributed by atoms with Gasteiger partial charge >= 0.3 is 5.69 Å². The van der Waals surface area contributed by atoms with Gasteiger partial charge in [0.05, 0.1) is 29.6 Å². The van der Waals surface area contributed by atoms with Gasteiger partial charge in [-0.3, -0.25) is 0 Å². The molecule has 3 atom stereocenters. The lowest BCUT2D eigenvalue weighted by atomic mass is 10.1. The molecule has 256 valence electrons. The number of pyridine rings is 1. The van der Waals surface area contributed by atoms with Crippen LogP contribution in [0.1, 0.15) is 31.9 Å². The molecule has 14 nitrogen and oxygen atoms in total. The van der Waals surface area contributed by atoms with E-state index in [9.17, 15) is 4.79 Å². The number of rotatable bonds is 11. The molecule has 2 aliphatic heterocycles. The summed E-state index contributed by atoms with van der Waals surface area (Å²) in [5, 5.41) is 16.6. The minimum absolute atomic E-state index is 0.0425. The van der Waals surface area contributed by atoms with Crippen LogP contribution in [0.25, 0.3) is 5.69 Å². The Kier molecular flexibility index (Phi) is 9.54. The quantitative estimate of drug-likeness (QED) is 0.194. The molecule has 0 N–H and O–H groups in total. The molecule has 5 heterocycles. The van der Waals surface area contributed by atoms with Crippen LogP contribution in [0, 0.1) is 0 Å². The first-order valence-electron chi connectivity index (χ1n) is 16.2. The topological polar surface area (TPSA) is 130 Å². The van der Waals surface area contributed by atoms with Crippen LogP contribution in [0.4, 0.5) is 11.5 Å². The zero-order valence-corrected chi connectivity index (χ0v) is 28.6. The number of nitrogens with zero attached hydrogens (tertiary/aromatic N) is 10. The van der Waals surface area contributed by atoms with E-state index < -0.39 is 5.79 Å². The fraction of sp³-hybridized carbons (Fsp3) is 0.394. The highest BCUT2D eigenvalue weighted by Gasteiger charge is 2.45. The van der Waals surface area contributed by atoms with Crippen molar-refractivity contribution in [1.82, 2.24) is 39.5 Å². The Morgan fingerprint density at radius 3 is 2.47 bits per heavy atom. The van der Waals surface area contributed by atoms with Gasteiger partial charge in [0.25, 0.3) is 0 Å². The highest BCUT2D eigenvalue weighted by atomic mass is 35.5. The SMILES string of the molecule is CCC(C)n1ncn(-c2ccc(N3CCN(c4ccc(OC[C@@H]5CO[C@@](Cn6cnnn6)(c6ccc(Cl)cc6Cl)O5)cc4)CC3)nc2)c1=O. The molecule has 1 unspecified atom stereocenters. The molecule has 7 rings (SSSR count). The van der Waals surface area contributed by atoms with E-state index in [0.717, 1.165) is 49.9 Å². The molecule has 3 aromatic heterocycles. The summed E-state index contributed by atoms with van der Waals surface area (Å²) >= 11 is 12.7. The Labute approximate surface area is 292 Å². The lowest BCUT2D eigenvalue weighted by molar-refractivity contribution is -0.190. The van der Waals surface area contributed by atoms with Gasteiger partial charge in [0, 0.05) is 42.5 Å². The summed E-state index contributed by atoms with van der Waals surface area (Å²) < 4.78 is 23.4. The second-order valence-corrected chi connectivity index (χ2v) is 12.9. The summed E-state index contributed by atoms with van der Waals surface area (Å²) in [5.74, 6) is 0.408. The lowest BCUT2D eigenvalue weighted by Crippen LogP contribution is -2.46. The van der Waals surface area contributed by atoms with Gasteiger partial charge in [-0.1, -0.05) is 36.2 Å². The summed E-state index contributed by atoms with van der Waals surface area (Å²) in [6.07, 6.45) is 5.25. The molecule has 0 bridgehead atoms. The van der Waals surface area contributed by atoms with Gasteiger partial charge in [-0.2, -0.15) is 5.10 Å². The van der Waals surface area contributed by atoms with Gasteiger partial charge in [-0.15, -0.1) is 5.10 Å². The maximum atomic E-state index is 12.8. The van der Waals surface area contributed by atoms with Gasteiger partial charge in [-0.05, 0) is 72.3 Å². The van der Waals surface area contributed by atoms with Crippen molar-refractivity contribution in [3.63, 3.8) is 0 Å². The fourth-order valence-corrected chi connectivity index (χ4v) is 6.59. The summed E-state index contributed by atoms with van der Waals surface area (Å²) in [6.45, 7) is 8.11. The molecular formula is C33H36Cl2N10O4. The van der Waals surface area contributed by atoms with Gasteiger partial charge in [0.2, 0.25) is 5.79 Å². The predicted molar refractivity (Wildman–Crippen MR) is 184 cm³/mol. The standard InChI is InChI=1S/C33H36Cl2N10O4/c1-3-23(2)45-32(46)44(22-38-45)26-7-11-31(36-17-26)42-14-12-41(13-15-42)25-5-8-27(9-6-25)47-18-28-19-48-33(49-28,20-43-21-37-39-40-43)29-10-4-24(34)16-30(29)35/h4-11,16-17,21-23,28H,3,12-15,18-20H2,1-2H3/t23?,28-,33-/m1/s1. The van der Waals surface area contributed by atoms with Gasteiger partial charge < -0.3 is 24.0 Å². The van der Waals surface area contributed by atoms with Gasteiger partial charge in [0.15, 0.2) is 0 Å². The van der Waals surface area contributed by atoms with Crippen LogP contribution in [-0.2, 0) is 21.8 Å². The molecular weight excluding hydrogens is 671 g/mol. The van der Waals surface area contributed by atoms with E-state index in [-0.39, 0.29) is 31.0 Å². The first kappa shape index (κ1) is 33.0. The molecule has 0 aliphatic carbocycles. The van der Waals surface area contributed by atoms with E-state index in [4.69, 9.17) is 37.4 Å². The number of hydrogen-bond donors (Lipinski definition) is 0. The van der Waals surface area contributed by atoms with E-state index in [1.165, 1.54) is 20.3 Å². The first-order chi connectivity index (χ1) is 23.8. The molecule has 0 radical (unpaired) electrons. The molecule has 16 heteroatoms. The Bertz CT molecular complexity index is 1910. The van der Waals surface area contributed by atoms with Crippen LogP contribution in [0.5, 0.6) is 5.75 Å². The molecule has 2 fully saturated rings. The summed E-state index contributed by atoms with van der Waals surface area (Å²) in [5.41, 5.74) is 2.29. The Balaban J connectivity index is 0.925. The minimum Gasteiger partial charge on any atom is -0.491 e. The zero-order valence-electron chi connectivity index (χ0n) is 27.1. The third kappa shape index (κ3) is 6.99. The third-order valence-corrected chi connectivity index (χ3v) is 9.46. The Morgan fingerprint density at radius 1 is 1.00 bits per heavy atom. The second-order valence-electron chi connectivity index (χ2n) is 12.1. The third-order valence-electron chi connectivity index (χ3n) is 8.92. The van der Waals surface area contributed by atoms with Crippen molar-refractivity contribution in [3.8, 4) is 11.4 Å². The summed E-state index contributed by atoms with van der Waals surface area (Å²) in [4.78, 5) is 22.0. The average Bonchev–Trinajstić information content (AvgIpc) is 3.88. The van der Waals surface area contributed by atoms with Crippen molar-refractivity contribution >= 4 is 34.7 Å². The predicted octanol–water partition coefficient (Wildman–Crippen LogP) is 4.37. The lowest BCUT2D eigenvalue weighted by Gasteiger charge is -2.36. The van der Waals surface area contributed by atoms with Crippen molar-refractivity contribution in [2.75, 3.05) is 49.2 Å². The monoisotopic (exact) mass is 706 g/mol. The van der Waals surface area contributed by atoms with Crippen LogP contribution in [-0.4, -0.2) is 85.0 Å². The summed E-state index contributed by atoms with van der Waals surface area (Å²) in [6, 6.07) is 17.2. The van der Waals surface area contributed by atoms with Crippen molar-refractivity contribution in [3.05, 3.63) is 99.5 Å². The highest BCUT2D eigenvalue weighted by molar-refractivity contribution is 6.35. The summed E-state index contributed by atoms with van der Waals surface area (Å²) in [7, 11) is 0. The van der Waals surface area contributed by atoms with E-state index in [0.29, 0.717) is 27.9 Å². The highest BCUT2D eigenvalue weighted by Crippen LogP contribution is 2.40.